The van der Waals surface area contributed by atoms with Crippen LogP contribution in [0.5, 0.6) is 5.75 Å². The first-order chi connectivity index (χ1) is 11.2. The first-order valence-corrected chi connectivity index (χ1v) is 8.31. The molecule has 3 nitrogen and oxygen atoms in total. The molecule has 1 saturated carbocycles. The molecule has 0 bridgehead atoms. The second-order valence-electron chi connectivity index (χ2n) is 5.86. The topological polar surface area (TPSA) is 38.3 Å². The van der Waals surface area contributed by atoms with Gasteiger partial charge in [-0.1, -0.05) is 48.4 Å². The molecule has 0 aliphatic heterocycles. The highest BCUT2D eigenvalue weighted by Crippen LogP contribution is 2.44. The van der Waals surface area contributed by atoms with Crippen LogP contribution in [0.2, 0.25) is 5.02 Å². The summed E-state index contributed by atoms with van der Waals surface area (Å²) in [5.74, 6) is 0.903. The van der Waals surface area contributed by atoms with Crippen molar-refractivity contribution in [1.82, 2.24) is 5.32 Å². The lowest BCUT2D eigenvalue weighted by molar-refractivity contribution is -0.130. The standard InChI is InChI=1S/C19H20ClNO2/c20-16-9-7-15(8-10-16)19(11-4-12-19)18(22)21-13-14-23-17-5-2-1-3-6-17/h1-3,5-10H,4,11-14H2,(H,21,22). The fraction of sp³-hybridized carbons (Fsp3) is 0.316. The van der Waals surface area contributed by atoms with Crippen molar-refractivity contribution in [2.45, 2.75) is 24.7 Å². The number of halogens is 1. The van der Waals surface area contributed by atoms with Crippen LogP contribution in [0.4, 0.5) is 0 Å². The van der Waals surface area contributed by atoms with E-state index in [1.165, 1.54) is 0 Å². The van der Waals surface area contributed by atoms with Gasteiger partial charge >= 0.3 is 0 Å². The van der Waals surface area contributed by atoms with Crippen LogP contribution in [0.25, 0.3) is 0 Å². The summed E-state index contributed by atoms with van der Waals surface area (Å²) >= 11 is 5.95. The summed E-state index contributed by atoms with van der Waals surface area (Å²) in [6, 6.07) is 17.2. The van der Waals surface area contributed by atoms with E-state index in [2.05, 4.69) is 5.32 Å². The highest BCUT2D eigenvalue weighted by Gasteiger charge is 2.45. The molecule has 3 rings (SSSR count). The van der Waals surface area contributed by atoms with E-state index in [1.54, 1.807) is 0 Å². The Morgan fingerprint density at radius 3 is 2.39 bits per heavy atom. The number of carbonyl (C=O) groups excluding carboxylic acids is 1. The molecule has 0 radical (unpaired) electrons. The Morgan fingerprint density at radius 1 is 1.09 bits per heavy atom. The molecule has 0 spiro atoms. The Morgan fingerprint density at radius 2 is 1.78 bits per heavy atom. The summed E-state index contributed by atoms with van der Waals surface area (Å²) in [6.07, 6.45) is 2.86. The van der Waals surface area contributed by atoms with Gasteiger partial charge in [0.15, 0.2) is 0 Å². The Bertz CT molecular complexity index is 651. The molecule has 1 aliphatic carbocycles. The third kappa shape index (κ3) is 3.50. The maximum atomic E-state index is 12.6. The quantitative estimate of drug-likeness (QED) is 0.815. The third-order valence-electron chi connectivity index (χ3n) is 4.44. The van der Waals surface area contributed by atoms with Crippen molar-refractivity contribution in [3.8, 4) is 5.75 Å². The summed E-state index contributed by atoms with van der Waals surface area (Å²) in [5.41, 5.74) is 0.659. The summed E-state index contributed by atoms with van der Waals surface area (Å²) in [4.78, 5) is 12.6. The molecule has 120 valence electrons. The predicted octanol–water partition coefficient (Wildman–Crippen LogP) is 3.96. The average Bonchev–Trinajstić information content (AvgIpc) is 2.53. The molecule has 1 fully saturated rings. The van der Waals surface area contributed by atoms with E-state index in [-0.39, 0.29) is 5.91 Å². The van der Waals surface area contributed by atoms with Crippen molar-refractivity contribution in [2.75, 3.05) is 13.2 Å². The Hall–Kier alpha value is -2.00. The van der Waals surface area contributed by atoms with Crippen LogP contribution in [-0.2, 0) is 10.2 Å². The first kappa shape index (κ1) is 15.9. The second kappa shape index (κ2) is 7.05. The maximum absolute atomic E-state index is 12.6. The summed E-state index contributed by atoms with van der Waals surface area (Å²) in [7, 11) is 0. The van der Waals surface area contributed by atoms with Gasteiger partial charge in [-0.05, 0) is 42.7 Å². The van der Waals surface area contributed by atoms with E-state index < -0.39 is 5.41 Å². The first-order valence-electron chi connectivity index (χ1n) is 7.93. The van der Waals surface area contributed by atoms with Gasteiger partial charge in [0.1, 0.15) is 12.4 Å². The van der Waals surface area contributed by atoms with Crippen LogP contribution in [0.15, 0.2) is 54.6 Å². The zero-order valence-electron chi connectivity index (χ0n) is 12.9. The molecule has 0 unspecified atom stereocenters. The number of amides is 1. The molecular formula is C19H20ClNO2. The van der Waals surface area contributed by atoms with Crippen LogP contribution >= 0.6 is 11.6 Å². The molecule has 4 heteroatoms. The van der Waals surface area contributed by atoms with Crippen LogP contribution in [-0.4, -0.2) is 19.1 Å². The van der Waals surface area contributed by atoms with Crippen molar-refractivity contribution in [3.05, 3.63) is 65.2 Å². The minimum absolute atomic E-state index is 0.0859. The van der Waals surface area contributed by atoms with Gasteiger partial charge in [0, 0.05) is 5.02 Å². The lowest BCUT2D eigenvalue weighted by atomic mass is 9.64. The van der Waals surface area contributed by atoms with Gasteiger partial charge in [0.2, 0.25) is 5.91 Å². The lowest BCUT2D eigenvalue weighted by Crippen LogP contribution is -2.50. The van der Waals surface area contributed by atoms with E-state index >= 15 is 0 Å². The minimum atomic E-state index is -0.392. The van der Waals surface area contributed by atoms with Gasteiger partial charge < -0.3 is 10.1 Å². The van der Waals surface area contributed by atoms with Gasteiger partial charge in [0.05, 0.1) is 12.0 Å². The normalized spacial score (nSPS) is 15.5. The van der Waals surface area contributed by atoms with Crippen LogP contribution in [0, 0.1) is 0 Å². The zero-order chi connectivity index (χ0) is 16.1. The summed E-state index contributed by atoms with van der Waals surface area (Å²) < 4.78 is 5.61. The molecule has 2 aromatic rings. The lowest BCUT2D eigenvalue weighted by Gasteiger charge is -2.40. The number of carbonyl (C=O) groups is 1. The van der Waals surface area contributed by atoms with Gasteiger partial charge in [0.25, 0.3) is 0 Å². The predicted molar refractivity (Wildman–Crippen MR) is 91.9 cm³/mol. The van der Waals surface area contributed by atoms with Gasteiger partial charge in [-0.2, -0.15) is 0 Å². The number of hydrogen-bond acceptors (Lipinski definition) is 2. The fourth-order valence-corrected chi connectivity index (χ4v) is 3.09. The molecule has 1 N–H and O–H groups in total. The molecule has 23 heavy (non-hydrogen) atoms. The molecule has 0 aromatic heterocycles. The second-order valence-corrected chi connectivity index (χ2v) is 6.30. The molecule has 0 heterocycles. The smallest absolute Gasteiger partial charge is 0.230 e. The van der Waals surface area contributed by atoms with Crippen molar-refractivity contribution >= 4 is 17.5 Å². The van der Waals surface area contributed by atoms with E-state index in [0.717, 1.165) is 30.6 Å². The van der Waals surface area contributed by atoms with Gasteiger partial charge in [-0.25, -0.2) is 0 Å². The van der Waals surface area contributed by atoms with Crippen LogP contribution < -0.4 is 10.1 Å². The van der Waals surface area contributed by atoms with E-state index in [9.17, 15) is 4.79 Å². The van der Waals surface area contributed by atoms with E-state index in [4.69, 9.17) is 16.3 Å². The molecule has 1 aliphatic rings. The number of nitrogens with one attached hydrogen (secondary N) is 1. The van der Waals surface area contributed by atoms with Crippen molar-refractivity contribution < 1.29 is 9.53 Å². The van der Waals surface area contributed by atoms with Crippen molar-refractivity contribution in [2.24, 2.45) is 0 Å². The van der Waals surface area contributed by atoms with Gasteiger partial charge in [-0.15, -0.1) is 0 Å². The third-order valence-corrected chi connectivity index (χ3v) is 4.69. The van der Waals surface area contributed by atoms with Crippen molar-refractivity contribution in [1.29, 1.82) is 0 Å². The molecule has 0 saturated heterocycles. The zero-order valence-corrected chi connectivity index (χ0v) is 13.7. The van der Waals surface area contributed by atoms with Gasteiger partial charge in [-0.3, -0.25) is 4.79 Å². The summed E-state index contributed by atoms with van der Waals surface area (Å²) in [6.45, 7) is 0.968. The van der Waals surface area contributed by atoms with E-state index in [0.29, 0.717) is 18.2 Å². The molecular weight excluding hydrogens is 310 g/mol. The highest BCUT2D eigenvalue weighted by molar-refractivity contribution is 6.30. The number of benzene rings is 2. The van der Waals surface area contributed by atoms with E-state index in [1.807, 2.05) is 54.6 Å². The Kier molecular flexibility index (Phi) is 4.87. The monoisotopic (exact) mass is 329 g/mol. The molecule has 2 aromatic carbocycles. The minimum Gasteiger partial charge on any atom is -0.492 e. The van der Waals surface area contributed by atoms with Crippen LogP contribution in [0.3, 0.4) is 0 Å². The van der Waals surface area contributed by atoms with Crippen molar-refractivity contribution in [3.63, 3.8) is 0 Å². The number of ether oxygens (including phenoxy) is 1. The highest BCUT2D eigenvalue weighted by atomic mass is 35.5. The average molecular weight is 330 g/mol. The van der Waals surface area contributed by atoms with Crippen LogP contribution in [0.1, 0.15) is 24.8 Å². The largest absolute Gasteiger partial charge is 0.492 e. The number of rotatable bonds is 6. The SMILES string of the molecule is O=C(NCCOc1ccccc1)C1(c2ccc(Cl)cc2)CCC1. The number of hydrogen-bond donors (Lipinski definition) is 1. The fourth-order valence-electron chi connectivity index (χ4n) is 2.97. The summed E-state index contributed by atoms with van der Waals surface area (Å²) in [5, 5.41) is 3.71. The Balaban J connectivity index is 1.55. The Labute approximate surface area is 141 Å². The number of para-hydroxylation sites is 1. The maximum Gasteiger partial charge on any atom is 0.230 e. The molecule has 0 atom stereocenters. The molecule has 1 amide bonds.